The van der Waals surface area contributed by atoms with Crippen LogP contribution in [0.5, 0.6) is 5.75 Å². The molecule has 0 saturated carbocycles. The monoisotopic (exact) mass is 327 g/mol. The van der Waals surface area contributed by atoms with Gasteiger partial charge in [-0.25, -0.2) is 0 Å². The summed E-state index contributed by atoms with van der Waals surface area (Å²) in [5.41, 5.74) is 2.43. The lowest BCUT2D eigenvalue weighted by molar-refractivity contribution is -0.122. The highest BCUT2D eigenvalue weighted by molar-refractivity contribution is 6.02. The van der Waals surface area contributed by atoms with Gasteiger partial charge in [-0.05, 0) is 24.3 Å². The first kappa shape index (κ1) is 16.7. The first-order chi connectivity index (χ1) is 11.4. The van der Waals surface area contributed by atoms with E-state index < -0.39 is 0 Å². The number of carbonyl (C=O) groups is 2. The third-order valence-corrected chi connectivity index (χ3v) is 4.70. The van der Waals surface area contributed by atoms with E-state index in [-0.39, 0.29) is 23.0 Å². The maximum Gasteiger partial charge on any atom is 0.225 e. The molecule has 1 N–H and O–H groups in total. The fourth-order valence-corrected chi connectivity index (χ4v) is 3.73. The van der Waals surface area contributed by atoms with Crippen LogP contribution in [0, 0.1) is 5.41 Å². The van der Waals surface area contributed by atoms with E-state index in [0.717, 1.165) is 35.4 Å². The molecule has 0 fully saturated rings. The summed E-state index contributed by atoms with van der Waals surface area (Å²) in [6.07, 6.45) is 2.47. The molecule has 0 radical (unpaired) electrons. The van der Waals surface area contributed by atoms with Gasteiger partial charge < -0.3 is 10.1 Å². The molecule has 1 amide bonds. The Morgan fingerprint density at radius 3 is 2.71 bits per heavy atom. The van der Waals surface area contributed by atoms with Crippen molar-refractivity contribution in [2.75, 3.05) is 6.61 Å². The number of amides is 1. The summed E-state index contributed by atoms with van der Waals surface area (Å²) in [6.45, 7) is 6.83. The standard InChI is InChI=1S/C20H25NO3/c1-4-9-24-17-8-6-5-7-13(17)14-10-18(23)21-15-11-20(2,3)12-16(22)19(14)15/h5-8,14H,4,9-12H2,1-3H3,(H,21,23)/t14-/m1/s1. The molecule has 1 aliphatic carbocycles. The van der Waals surface area contributed by atoms with Crippen LogP contribution in [0.1, 0.15) is 57.9 Å². The van der Waals surface area contributed by atoms with Crippen molar-refractivity contribution in [2.45, 2.75) is 52.4 Å². The summed E-state index contributed by atoms with van der Waals surface area (Å²) >= 11 is 0. The third-order valence-electron chi connectivity index (χ3n) is 4.70. The predicted molar refractivity (Wildman–Crippen MR) is 92.8 cm³/mol. The minimum absolute atomic E-state index is 0.0189. The van der Waals surface area contributed by atoms with Gasteiger partial charge >= 0.3 is 0 Å². The molecular formula is C20H25NO3. The van der Waals surface area contributed by atoms with E-state index >= 15 is 0 Å². The van der Waals surface area contributed by atoms with E-state index in [9.17, 15) is 9.59 Å². The summed E-state index contributed by atoms with van der Waals surface area (Å²) in [4.78, 5) is 25.1. The number of ether oxygens (including phenoxy) is 1. The lowest BCUT2D eigenvalue weighted by Crippen LogP contribution is -2.40. The molecular weight excluding hydrogens is 302 g/mol. The number of ketones is 1. The normalized spacial score (nSPS) is 22.9. The SMILES string of the molecule is CCCOc1ccccc1[C@H]1CC(=O)NC2=C1C(=O)CC(C)(C)C2. The molecule has 1 aromatic rings. The Kier molecular flexibility index (Phi) is 4.48. The summed E-state index contributed by atoms with van der Waals surface area (Å²) < 4.78 is 5.87. The van der Waals surface area contributed by atoms with Crippen LogP contribution in [-0.4, -0.2) is 18.3 Å². The van der Waals surface area contributed by atoms with Crippen molar-refractivity contribution in [2.24, 2.45) is 5.41 Å². The van der Waals surface area contributed by atoms with Gasteiger partial charge in [0.15, 0.2) is 5.78 Å². The number of nitrogens with one attached hydrogen (secondary N) is 1. The van der Waals surface area contributed by atoms with Gasteiger partial charge in [0.1, 0.15) is 5.75 Å². The molecule has 1 aromatic carbocycles. The molecule has 128 valence electrons. The van der Waals surface area contributed by atoms with Crippen LogP contribution in [0.2, 0.25) is 0 Å². The Hall–Kier alpha value is -2.10. The molecule has 0 saturated heterocycles. The van der Waals surface area contributed by atoms with E-state index in [1.807, 2.05) is 24.3 Å². The third kappa shape index (κ3) is 3.23. The van der Waals surface area contributed by atoms with Crippen LogP contribution < -0.4 is 10.1 Å². The van der Waals surface area contributed by atoms with Crippen LogP contribution in [0.3, 0.4) is 0 Å². The maximum absolute atomic E-state index is 12.8. The highest BCUT2D eigenvalue weighted by Crippen LogP contribution is 2.45. The number of allylic oxidation sites excluding steroid dienone is 2. The van der Waals surface area contributed by atoms with Gasteiger partial charge in [0.2, 0.25) is 5.91 Å². The molecule has 1 heterocycles. The van der Waals surface area contributed by atoms with Gasteiger partial charge in [0.05, 0.1) is 6.61 Å². The lowest BCUT2D eigenvalue weighted by Gasteiger charge is -2.38. The highest BCUT2D eigenvalue weighted by atomic mass is 16.5. The first-order valence-electron chi connectivity index (χ1n) is 8.69. The maximum atomic E-state index is 12.8. The number of Topliss-reactive ketones (excluding diaryl/α,β-unsaturated/α-hetero) is 1. The van der Waals surface area contributed by atoms with Gasteiger partial charge in [-0.1, -0.05) is 39.0 Å². The minimum atomic E-state index is -0.203. The Bertz CT molecular complexity index is 703. The van der Waals surface area contributed by atoms with E-state index in [4.69, 9.17) is 4.74 Å². The van der Waals surface area contributed by atoms with E-state index in [2.05, 4.69) is 26.1 Å². The molecule has 0 bridgehead atoms. The molecule has 3 rings (SSSR count). The highest BCUT2D eigenvalue weighted by Gasteiger charge is 2.41. The average molecular weight is 327 g/mol. The minimum Gasteiger partial charge on any atom is -0.493 e. The van der Waals surface area contributed by atoms with Crippen molar-refractivity contribution in [3.8, 4) is 5.75 Å². The quantitative estimate of drug-likeness (QED) is 0.917. The van der Waals surface area contributed by atoms with Crippen molar-refractivity contribution in [3.63, 3.8) is 0 Å². The second-order valence-corrected chi connectivity index (χ2v) is 7.52. The summed E-state index contributed by atoms with van der Waals surface area (Å²) in [5, 5.41) is 2.95. The van der Waals surface area contributed by atoms with E-state index in [0.29, 0.717) is 19.4 Å². The van der Waals surface area contributed by atoms with Gasteiger partial charge in [-0.2, -0.15) is 0 Å². The largest absolute Gasteiger partial charge is 0.493 e. The van der Waals surface area contributed by atoms with Crippen LogP contribution in [-0.2, 0) is 9.59 Å². The number of hydrogen-bond donors (Lipinski definition) is 1. The number of rotatable bonds is 4. The Morgan fingerprint density at radius 2 is 1.96 bits per heavy atom. The van der Waals surface area contributed by atoms with Gasteiger partial charge in [0, 0.05) is 35.6 Å². The smallest absolute Gasteiger partial charge is 0.225 e. The number of carbonyl (C=O) groups excluding carboxylic acids is 2. The zero-order valence-electron chi connectivity index (χ0n) is 14.6. The Balaban J connectivity index is 2.04. The Morgan fingerprint density at radius 1 is 1.21 bits per heavy atom. The van der Waals surface area contributed by atoms with Gasteiger partial charge in [0.25, 0.3) is 0 Å². The molecule has 24 heavy (non-hydrogen) atoms. The molecule has 0 spiro atoms. The fourth-order valence-electron chi connectivity index (χ4n) is 3.73. The van der Waals surface area contributed by atoms with Crippen molar-refractivity contribution >= 4 is 11.7 Å². The van der Waals surface area contributed by atoms with Crippen LogP contribution in [0.25, 0.3) is 0 Å². The fraction of sp³-hybridized carbons (Fsp3) is 0.500. The summed E-state index contributed by atoms with van der Waals surface area (Å²) in [6, 6.07) is 7.78. The van der Waals surface area contributed by atoms with Crippen molar-refractivity contribution in [1.29, 1.82) is 0 Å². The van der Waals surface area contributed by atoms with Crippen LogP contribution >= 0.6 is 0 Å². The predicted octanol–water partition coefficient (Wildman–Crippen LogP) is 3.72. The average Bonchev–Trinajstić information content (AvgIpc) is 2.50. The molecule has 1 atom stereocenters. The molecule has 1 aliphatic heterocycles. The van der Waals surface area contributed by atoms with Crippen molar-refractivity contribution in [3.05, 3.63) is 41.1 Å². The first-order valence-corrected chi connectivity index (χ1v) is 8.69. The van der Waals surface area contributed by atoms with Gasteiger partial charge in [-0.15, -0.1) is 0 Å². The zero-order chi connectivity index (χ0) is 17.3. The number of hydrogen-bond acceptors (Lipinski definition) is 3. The molecule has 0 unspecified atom stereocenters. The molecule has 2 aliphatic rings. The second kappa shape index (κ2) is 6.42. The van der Waals surface area contributed by atoms with Crippen molar-refractivity contribution < 1.29 is 14.3 Å². The number of para-hydroxylation sites is 1. The molecule has 4 heteroatoms. The van der Waals surface area contributed by atoms with Gasteiger partial charge in [-0.3, -0.25) is 9.59 Å². The van der Waals surface area contributed by atoms with E-state index in [1.165, 1.54) is 0 Å². The molecule has 0 aromatic heterocycles. The number of benzene rings is 1. The second-order valence-electron chi connectivity index (χ2n) is 7.52. The van der Waals surface area contributed by atoms with Crippen molar-refractivity contribution in [1.82, 2.24) is 5.32 Å². The topological polar surface area (TPSA) is 55.4 Å². The summed E-state index contributed by atoms with van der Waals surface area (Å²) in [5.74, 6) is 0.708. The lowest BCUT2D eigenvalue weighted by atomic mass is 9.70. The van der Waals surface area contributed by atoms with Crippen LogP contribution in [0.15, 0.2) is 35.5 Å². The zero-order valence-corrected chi connectivity index (χ0v) is 14.6. The van der Waals surface area contributed by atoms with E-state index in [1.54, 1.807) is 0 Å². The Labute approximate surface area is 143 Å². The summed E-state index contributed by atoms with van der Waals surface area (Å²) in [7, 11) is 0. The van der Waals surface area contributed by atoms with Crippen LogP contribution in [0.4, 0.5) is 0 Å². The molecule has 4 nitrogen and oxygen atoms in total.